The number of rotatable bonds is 4. The minimum absolute atomic E-state index is 0.313. The average molecular weight is 577 g/mol. The molecule has 0 saturated heterocycles. The van der Waals surface area contributed by atoms with E-state index in [0.717, 1.165) is 22.2 Å². The van der Waals surface area contributed by atoms with Crippen LogP contribution in [0.4, 0.5) is 0 Å². The van der Waals surface area contributed by atoms with E-state index in [1.54, 1.807) is 0 Å². The summed E-state index contributed by atoms with van der Waals surface area (Å²) in [6, 6.07) is 53.3. The van der Waals surface area contributed by atoms with Crippen molar-refractivity contribution in [1.82, 2.24) is 19.5 Å². The molecule has 1 unspecified atom stereocenters. The highest BCUT2D eigenvalue weighted by molar-refractivity contribution is 6.11. The Kier molecular flexibility index (Phi) is 5.59. The lowest BCUT2D eigenvalue weighted by Gasteiger charge is -2.28. The normalized spacial score (nSPS) is 15.3. The maximum atomic E-state index is 5.14. The monoisotopic (exact) mass is 576 g/mol. The van der Waals surface area contributed by atoms with Crippen LogP contribution in [0.2, 0.25) is 0 Å². The van der Waals surface area contributed by atoms with Crippen molar-refractivity contribution in [2.75, 3.05) is 0 Å². The second-order valence-electron chi connectivity index (χ2n) is 11.8. The topological polar surface area (TPSA) is 43.6 Å². The van der Waals surface area contributed by atoms with E-state index in [0.29, 0.717) is 17.6 Å². The smallest absolute Gasteiger partial charge is 0.238 e. The first kappa shape index (κ1) is 25.6. The third kappa shape index (κ3) is 3.82. The lowest BCUT2D eigenvalue weighted by Crippen LogP contribution is -2.22. The van der Waals surface area contributed by atoms with Gasteiger partial charge in [-0.3, -0.25) is 4.57 Å². The zero-order chi connectivity index (χ0) is 30.0. The Morgan fingerprint density at radius 3 is 1.73 bits per heavy atom. The van der Waals surface area contributed by atoms with Gasteiger partial charge in [-0.05, 0) is 52.9 Å². The highest BCUT2D eigenvalue weighted by atomic mass is 15.2. The highest BCUT2D eigenvalue weighted by Gasteiger charge is 2.41. The van der Waals surface area contributed by atoms with E-state index in [9.17, 15) is 0 Å². The van der Waals surface area contributed by atoms with Crippen LogP contribution in [0, 0.1) is 0 Å². The van der Waals surface area contributed by atoms with Gasteiger partial charge in [-0.25, -0.2) is 4.98 Å². The molecule has 45 heavy (non-hydrogen) atoms. The third-order valence-corrected chi connectivity index (χ3v) is 9.35. The average Bonchev–Trinajstić information content (AvgIpc) is 3.58. The Morgan fingerprint density at radius 1 is 0.467 bits per heavy atom. The molecule has 9 rings (SSSR count). The predicted molar refractivity (Wildman–Crippen MR) is 182 cm³/mol. The summed E-state index contributed by atoms with van der Waals surface area (Å²) < 4.78 is 2.22. The number of benzene rings is 6. The molecule has 0 amide bonds. The molecule has 0 aliphatic heterocycles. The van der Waals surface area contributed by atoms with E-state index < -0.39 is 0 Å². The molecule has 2 heterocycles. The summed E-state index contributed by atoms with van der Waals surface area (Å²) in [5.41, 5.74) is 10.2. The number of para-hydroxylation sites is 1. The molecule has 1 atom stereocenters. The van der Waals surface area contributed by atoms with Crippen molar-refractivity contribution < 1.29 is 0 Å². The van der Waals surface area contributed by atoms with Crippen molar-refractivity contribution in [3.8, 4) is 39.9 Å². The first-order valence-corrected chi connectivity index (χ1v) is 15.3. The van der Waals surface area contributed by atoms with Gasteiger partial charge in [0.05, 0.1) is 11.0 Å². The fourth-order valence-electron chi connectivity index (χ4n) is 7.15. The predicted octanol–water partition coefficient (Wildman–Crippen LogP) is 9.64. The van der Waals surface area contributed by atoms with Gasteiger partial charge in [-0.2, -0.15) is 9.97 Å². The van der Waals surface area contributed by atoms with E-state index in [1.807, 2.05) is 36.4 Å². The largest absolute Gasteiger partial charge is 0.278 e. The van der Waals surface area contributed by atoms with Crippen molar-refractivity contribution in [2.24, 2.45) is 0 Å². The van der Waals surface area contributed by atoms with Gasteiger partial charge in [0.15, 0.2) is 11.6 Å². The van der Waals surface area contributed by atoms with Gasteiger partial charge in [0, 0.05) is 27.3 Å². The van der Waals surface area contributed by atoms with Gasteiger partial charge in [-0.15, -0.1) is 0 Å². The molecule has 1 aliphatic rings. The summed E-state index contributed by atoms with van der Waals surface area (Å²) in [7, 11) is 0. The Hall–Kier alpha value is -5.87. The summed E-state index contributed by atoms with van der Waals surface area (Å²) in [4.78, 5) is 15.2. The third-order valence-electron chi connectivity index (χ3n) is 9.35. The molecule has 1 aliphatic carbocycles. The molecule has 0 spiro atoms. The van der Waals surface area contributed by atoms with E-state index in [2.05, 4.69) is 127 Å². The molecule has 0 fully saturated rings. The minimum atomic E-state index is -0.313. The molecular weight excluding hydrogens is 548 g/mol. The Labute approximate surface area is 261 Å². The number of hydrogen-bond donors (Lipinski definition) is 0. The molecule has 2 aromatic heterocycles. The Morgan fingerprint density at radius 2 is 1.04 bits per heavy atom. The van der Waals surface area contributed by atoms with Crippen LogP contribution in [-0.2, 0) is 5.41 Å². The lowest BCUT2D eigenvalue weighted by molar-refractivity contribution is 0.714. The van der Waals surface area contributed by atoms with Gasteiger partial charge in [-0.1, -0.05) is 133 Å². The van der Waals surface area contributed by atoms with Crippen molar-refractivity contribution in [3.05, 3.63) is 168 Å². The van der Waals surface area contributed by atoms with Crippen LogP contribution >= 0.6 is 0 Å². The number of aromatic nitrogens is 4. The molecule has 4 nitrogen and oxygen atoms in total. The summed E-state index contributed by atoms with van der Waals surface area (Å²) in [5, 5.41) is 2.35. The van der Waals surface area contributed by atoms with E-state index in [1.165, 1.54) is 38.6 Å². The van der Waals surface area contributed by atoms with Crippen LogP contribution in [-0.4, -0.2) is 19.5 Å². The van der Waals surface area contributed by atoms with Gasteiger partial charge >= 0.3 is 0 Å². The molecule has 212 valence electrons. The maximum Gasteiger partial charge on any atom is 0.238 e. The van der Waals surface area contributed by atoms with Gasteiger partial charge in [0.1, 0.15) is 0 Å². The quantitative estimate of drug-likeness (QED) is 0.210. The number of hydrogen-bond acceptors (Lipinski definition) is 3. The second kappa shape index (κ2) is 9.83. The van der Waals surface area contributed by atoms with E-state index in [4.69, 9.17) is 15.0 Å². The van der Waals surface area contributed by atoms with Crippen LogP contribution in [0.3, 0.4) is 0 Å². The molecule has 0 bridgehead atoms. The zero-order valence-corrected chi connectivity index (χ0v) is 24.7. The molecule has 6 aromatic carbocycles. The number of fused-ring (bicyclic) bond motifs is 6. The molecular formula is C41H28N4. The fraction of sp³-hybridized carbons (Fsp3) is 0.0488. The van der Waals surface area contributed by atoms with Crippen molar-refractivity contribution >= 4 is 21.8 Å². The standard InChI is InChI=1S/C41H28N4/c1-41(29-19-9-4-10-20-29)34-23-13-11-21-30(34)32-25-33-31-22-12-14-24-36(31)45(37(33)26-35(32)41)40-43-38(27-15-5-2-6-16-27)42-39(44-40)28-17-7-3-8-18-28/h2-26H,1H3. The van der Waals surface area contributed by atoms with Gasteiger partial charge in [0.25, 0.3) is 0 Å². The minimum Gasteiger partial charge on any atom is -0.278 e. The lowest BCUT2D eigenvalue weighted by atomic mass is 9.74. The molecule has 8 aromatic rings. The van der Waals surface area contributed by atoms with Crippen LogP contribution < -0.4 is 0 Å². The van der Waals surface area contributed by atoms with Crippen molar-refractivity contribution in [2.45, 2.75) is 12.3 Å². The van der Waals surface area contributed by atoms with Crippen LogP contribution in [0.15, 0.2) is 152 Å². The van der Waals surface area contributed by atoms with Gasteiger partial charge < -0.3 is 0 Å². The van der Waals surface area contributed by atoms with Crippen LogP contribution in [0.5, 0.6) is 0 Å². The highest BCUT2D eigenvalue weighted by Crippen LogP contribution is 2.54. The summed E-state index contributed by atoms with van der Waals surface area (Å²) in [6.07, 6.45) is 0. The van der Waals surface area contributed by atoms with E-state index >= 15 is 0 Å². The summed E-state index contributed by atoms with van der Waals surface area (Å²) in [5.74, 6) is 1.90. The number of nitrogens with zero attached hydrogens (tertiary/aromatic N) is 4. The Balaban J connectivity index is 1.38. The van der Waals surface area contributed by atoms with E-state index in [-0.39, 0.29) is 5.41 Å². The Bertz CT molecular complexity index is 2320. The van der Waals surface area contributed by atoms with Crippen LogP contribution in [0.25, 0.3) is 61.7 Å². The first-order valence-electron chi connectivity index (χ1n) is 15.3. The van der Waals surface area contributed by atoms with Crippen molar-refractivity contribution in [3.63, 3.8) is 0 Å². The fourth-order valence-corrected chi connectivity index (χ4v) is 7.15. The van der Waals surface area contributed by atoms with Crippen LogP contribution in [0.1, 0.15) is 23.6 Å². The molecule has 0 saturated carbocycles. The first-order chi connectivity index (χ1) is 22.2. The molecule has 0 N–H and O–H groups in total. The summed E-state index contributed by atoms with van der Waals surface area (Å²) >= 11 is 0. The van der Waals surface area contributed by atoms with Gasteiger partial charge in [0.2, 0.25) is 5.95 Å². The van der Waals surface area contributed by atoms with Crippen molar-refractivity contribution in [1.29, 1.82) is 0 Å². The molecule has 0 radical (unpaired) electrons. The second-order valence-corrected chi connectivity index (χ2v) is 11.8. The zero-order valence-electron chi connectivity index (χ0n) is 24.7. The molecule has 4 heteroatoms. The SMILES string of the molecule is CC1(c2ccccc2)c2ccccc2-c2cc3c4ccccc4n(-c4nc(-c5ccccc5)nc(-c5ccccc5)n4)c3cc21. The maximum absolute atomic E-state index is 5.14. The summed E-state index contributed by atoms with van der Waals surface area (Å²) in [6.45, 7) is 2.36.